The molecule has 0 saturated carbocycles. The molecule has 5 nitrogen and oxygen atoms in total. The minimum Gasteiger partial charge on any atom is -0.507 e. The Morgan fingerprint density at radius 3 is 2.50 bits per heavy atom. The lowest BCUT2D eigenvalue weighted by Crippen LogP contribution is -2.26. The number of para-hydroxylation sites is 1. The number of hydrogen-bond donors (Lipinski definition) is 3. The van der Waals surface area contributed by atoms with E-state index in [-0.39, 0.29) is 18.2 Å². The summed E-state index contributed by atoms with van der Waals surface area (Å²) in [5, 5.41) is 16.7. The molecule has 0 atom stereocenters. The third kappa shape index (κ3) is 4.34. The number of hydrogen-bond acceptors (Lipinski definition) is 4. The Labute approximate surface area is 129 Å². The number of carbonyl (C=O) groups is 1. The minimum atomic E-state index is -0.254. The van der Waals surface area contributed by atoms with Gasteiger partial charge < -0.3 is 10.4 Å². The monoisotopic (exact) mass is 297 g/mol. The molecule has 2 aromatic rings. The number of phenolic OH excluding ortho intramolecular Hbond substituents is 1. The lowest BCUT2D eigenvalue weighted by Gasteiger charge is -2.07. The zero-order valence-corrected chi connectivity index (χ0v) is 12.6. The smallest absolute Gasteiger partial charge is 0.259 e. The maximum absolute atomic E-state index is 11.8. The fourth-order valence-corrected chi connectivity index (χ4v) is 1.88. The fourth-order valence-electron chi connectivity index (χ4n) is 1.88. The number of benzene rings is 2. The van der Waals surface area contributed by atoms with Gasteiger partial charge in [0.1, 0.15) is 5.75 Å². The number of amides is 1. The molecule has 0 saturated heterocycles. The van der Waals surface area contributed by atoms with Crippen LogP contribution in [0.3, 0.4) is 0 Å². The van der Waals surface area contributed by atoms with Crippen LogP contribution >= 0.6 is 0 Å². The summed E-state index contributed by atoms with van der Waals surface area (Å²) in [5.41, 5.74) is 5.64. The van der Waals surface area contributed by atoms with E-state index in [1.54, 1.807) is 31.2 Å². The van der Waals surface area contributed by atoms with E-state index in [1.807, 2.05) is 31.2 Å². The molecule has 0 bridgehead atoms. The number of rotatable bonds is 5. The third-order valence-electron chi connectivity index (χ3n) is 3.15. The summed E-state index contributed by atoms with van der Waals surface area (Å²) in [4.78, 5) is 11.8. The molecule has 0 spiro atoms. The standard InChI is InChI=1S/C17H19N3O2/c1-12-7-9-14(10-8-12)18-11-17(22)20-19-13(2)15-5-3-4-6-16(15)21/h3-10,18,21H,11H2,1-2H3,(H,20,22). The summed E-state index contributed by atoms with van der Waals surface area (Å²) in [6.45, 7) is 3.86. The molecule has 0 fully saturated rings. The highest BCUT2D eigenvalue weighted by atomic mass is 16.3. The number of nitrogens with one attached hydrogen (secondary N) is 2. The first-order valence-corrected chi connectivity index (χ1v) is 6.98. The molecule has 114 valence electrons. The molecule has 2 rings (SSSR count). The number of aromatic hydroxyl groups is 1. The number of carbonyl (C=O) groups excluding carboxylic acids is 1. The molecule has 0 heterocycles. The Kier molecular flexibility index (Phi) is 5.14. The second kappa shape index (κ2) is 7.26. The first-order valence-electron chi connectivity index (χ1n) is 6.98. The van der Waals surface area contributed by atoms with Gasteiger partial charge in [0.25, 0.3) is 5.91 Å². The molecule has 5 heteroatoms. The molecule has 0 radical (unpaired) electrons. The van der Waals surface area contributed by atoms with Gasteiger partial charge in [0.2, 0.25) is 0 Å². The second-order valence-corrected chi connectivity index (χ2v) is 4.97. The van der Waals surface area contributed by atoms with Crippen LogP contribution in [-0.2, 0) is 4.79 Å². The third-order valence-corrected chi connectivity index (χ3v) is 3.15. The Morgan fingerprint density at radius 1 is 1.14 bits per heavy atom. The van der Waals surface area contributed by atoms with Gasteiger partial charge in [-0.05, 0) is 38.1 Å². The summed E-state index contributed by atoms with van der Waals surface area (Å²) in [6.07, 6.45) is 0. The molecule has 0 aliphatic rings. The van der Waals surface area contributed by atoms with Gasteiger partial charge in [-0.15, -0.1) is 0 Å². The van der Waals surface area contributed by atoms with Crippen molar-refractivity contribution >= 4 is 17.3 Å². The van der Waals surface area contributed by atoms with Gasteiger partial charge in [0.15, 0.2) is 0 Å². The maximum Gasteiger partial charge on any atom is 0.259 e. The largest absolute Gasteiger partial charge is 0.507 e. The predicted molar refractivity (Wildman–Crippen MR) is 88.1 cm³/mol. The molecule has 0 unspecified atom stereocenters. The topological polar surface area (TPSA) is 73.7 Å². The van der Waals surface area contributed by atoms with Crippen molar-refractivity contribution in [3.63, 3.8) is 0 Å². The highest BCUT2D eigenvalue weighted by Crippen LogP contribution is 2.16. The summed E-state index contributed by atoms with van der Waals surface area (Å²) in [7, 11) is 0. The molecule has 3 N–H and O–H groups in total. The lowest BCUT2D eigenvalue weighted by atomic mass is 10.1. The zero-order valence-electron chi connectivity index (χ0n) is 12.6. The molecule has 22 heavy (non-hydrogen) atoms. The van der Waals surface area contributed by atoms with E-state index in [9.17, 15) is 9.90 Å². The average molecular weight is 297 g/mol. The lowest BCUT2D eigenvalue weighted by molar-refractivity contribution is -0.119. The van der Waals surface area contributed by atoms with Crippen molar-refractivity contribution < 1.29 is 9.90 Å². The Hall–Kier alpha value is -2.82. The van der Waals surface area contributed by atoms with E-state index in [1.165, 1.54) is 0 Å². The molecular weight excluding hydrogens is 278 g/mol. The quantitative estimate of drug-likeness (QED) is 0.587. The van der Waals surface area contributed by atoms with E-state index in [4.69, 9.17) is 0 Å². The SMILES string of the molecule is CC(=NNC(=O)CNc1ccc(C)cc1)c1ccccc1O. The molecule has 1 amide bonds. The van der Waals surface area contributed by atoms with Crippen molar-refractivity contribution in [2.45, 2.75) is 13.8 Å². The Morgan fingerprint density at radius 2 is 1.82 bits per heavy atom. The van der Waals surface area contributed by atoms with Gasteiger partial charge in [-0.3, -0.25) is 4.79 Å². The highest BCUT2D eigenvalue weighted by Gasteiger charge is 2.04. The highest BCUT2D eigenvalue weighted by molar-refractivity contribution is 6.01. The van der Waals surface area contributed by atoms with Gasteiger partial charge in [0, 0.05) is 11.3 Å². The van der Waals surface area contributed by atoms with Crippen LogP contribution in [0.2, 0.25) is 0 Å². The first-order chi connectivity index (χ1) is 10.6. The van der Waals surface area contributed by atoms with E-state index in [0.29, 0.717) is 11.3 Å². The summed E-state index contributed by atoms with van der Waals surface area (Å²) in [6, 6.07) is 14.6. The second-order valence-electron chi connectivity index (χ2n) is 4.97. The molecular formula is C17H19N3O2. The van der Waals surface area contributed by atoms with Gasteiger partial charge >= 0.3 is 0 Å². The van der Waals surface area contributed by atoms with Gasteiger partial charge in [-0.2, -0.15) is 5.10 Å². The van der Waals surface area contributed by atoms with Crippen molar-refractivity contribution in [1.29, 1.82) is 0 Å². The van der Waals surface area contributed by atoms with Crippen molar-refractivity contribution in [3.8, 4) is 5.75 Å². The zero-order chi connectivity index (χ0) is 15.9. The number of aryl methyl sites for hydroxylation is 1. The van der Waals surface area contributed by atoms with Crippen molar-refractivity contribution in [3.05, 3.63) is 59.7 Å². The van der Waals surface area contributed by atoms with E-state index >= 15 is 0 Å². The first kappa shape index (κ1) is 15.6. The van der Waals surface area contributed by atoms with E-state index < -0.39 is 0 Å². The van der Waals surface area contributed by atoms with Crippen LogP contribution in [0.15, 0.2) is 53.6 Å². The number of phenols is 1. The average Bonchev–Trinajstić information content (AvgIpc) is 2.52. The summed E-state index contributed by atoms with van der Waals surface area (Å²) >= 11 is 0. The van der Waals surface area contributed by atoms with Gasteiger partial charge in [-0.25, -0.2) is 5.43 Å². The number of nitrogens with zero attached hydrogens (tertiary/aromatic N) is 1. The van der Waals surface area contributed by atoms with Crippen molar-refractivity contribution in [1.82, 2.24) is 5.43 Å². The maximum atomic E-state index is 11.8. The summed E-state index contributed by atoms with van der Waals surface area (Å²) < 4.78 is 0. The van der Waals surface area contributed by atoms with Crippen LogP contribution in [0.5, 0.6) is 5.75 Å². The molecule has 0 aromatic heterocycles. The number of anilines is 1. The van der Waals surface area contributed by atoms with Crippen molar-refractivity contribution in [2.24, 2.45) is 5.10 Å². The van der Waals surface area contributed by atoms with Gasteiger partial charge in [0.05, 0.1) is 12.3 Å². The van der Waals surface area contributed by atoms with Crippen LogP contribution in [0.4, 0.5) is 5.69 Å². The van der Waals surface area contributed by atoms with Crippen LogP contribution in [0, 0.1) is 6.92 Å². The molecule has 2 aromatic carbocycles. The number of hydrazone groups is 1. The summed E-state index contributed by atoms with van der Waals surface area (Å²) in [5.74, 6) is -0.119. The van der Waals surface area contributed by atoms with Gasteiger partial charge in [-0.1, -0.05) is 29.8 Å². The van der Waals surface area contributed by atoms with E-state index in [0.717, 1.165) is 11.3 Å². The molecule has 0 aliphatic carbocycles. The normalized spacial score (nSPS) is 11.1. The Bertz CT molecular complexity index is 679. The van der Waals surface area contributed by atoms with Crippen LogP contribution in [-0.4, -0.2) is 23.3 Å². The van der Waals surface area contributed by atoms with Crippen molar-refractivity contribution in [2.75, 3.05) is 11.9 Å². The van der Waals surface area contributed by atoms with Crippen LogP contribution in [0.25, 0.3) is 0 Å². The Balaban J connectivity index is 1.88. The van der Waals surface area contributed by atoms with E-state index in [2.05, 4.69) is 15.8 Å². The fraction of sp³-hybridized carbons (Fsp3) is 0.176. The van der Waals surface area contributed by atoms with Crippen LogP contribution < -0.4 is 10.7 Å². The molecule has 0 aliphatic heterocycles. The van der Waals surface area contributed by atoms with Crippen LogP contribution in [0.1, 0.15) is 18.1 Å². The minimum absolute atomic E-state index is 0.126. The predicted octanol–water partition coefficient (Wildman–Crippen LogP) is 2.65.